The number of aliphatic hydroxyl groups is 1. The maximum atomic E-state index is 12.2. The van der Waals surface area contributed by atoms with E-state index < -0.39 is 11.7 Å². The molecule has 29 heavy (non-hydrogen) atoms. The Bertz CT molecular complexity index is 970. The van der Waals surface area contributed by atoms with E-state index >= 15 is 0 Å². The number of hydrogen-bond acceptors (Lipinski definition) is 5. The standard InChI is InChI=1S/C24H24N2O3/c1-2-29-24(28)23(27)21(15-19-11-7-4-8-12-19)22-16-20(25-17-26-22)14-13-18-9-5-3-6-10-18/h3-12,16-17,27H,2,13-15H2,1H3/b23-21-. The molecule has 3 rings (SSSR count). The number of aryl methyl sites for hydroxylation is 2. The Morgan fingerprint density at radius 1 is 0.931 bits per heavy atom. The molecule has 1 heterocycles. The van der Waals surface area contributed by atoms with E-state index in [4.69, 9.17) is 4.74 Å². The summed E-state index contributed by atoms with van der Waals surface area (Å²) in [5, 5.41) is 10.6. The second-order valence-electron chi connectivity index (χ2n) is 6.59. The van der Waals surface area contributed by atoms with Gasteiger partial charge < -0.3 is 9.84 Å². The van der Waals surface area contributed by atoms with E-state index in [1.807, 2.05) is 54.6 Å². The summed E-state index contributed by atoms with van der Waals surface area (Å²) in [6.45, 7) is 1.89. The Hall–Kier alpha value is -3.47. The smallest absolute Gasteiger partial charge is 0.373 e. The second kappa shape index (κ2) is 10.2. The van der Waals surface area contributed by atoms with Gasteiger partial charge in [0.2, 0.25) is 5.76 Å². The third-order valence-electron chi connectivity index (χ3n) is 4.52. The molecule has 1 N–H and O–H groups in total. The number of ether oxygens (including phenoxy) is 1. The zero-order valence-electron chi connectivity index (χ0n) is 16.4. The van der Waals surface area contributed by atoms with E-state index in [0.29, 0.717) is 17.7 Å². The molecule has 5 nitrogen and oxygen atoms in total. The van der Waals surface area contributed by atoms with E-state index in [1.54, 1.807) is 6.92 Å². The van der Waals surface area contributed by atoms with Crippen molar-refractivity contribution in [3.8, 4) is 0 Å². The van der Waals surface area contributed by atoms with Crippen LogP contribution < -0.4 is 0 Å². The number of hydrogen-bond donors (Lipinski definition) is 1. The Morgan fingerprint density at radius 3 is 2.24 bits per heavy atom. The highest BCUT2D eigenvalue weighted by molar-refractivity contribution is 5.95. The summed E-state index contributed by atoms with van der Waals surface area (Å²) in [5.41, 5.74) is 3.99. The molecule has 3 aromatic rings. The van der Waals surface area contributed by atoms with Gasteiger partial charge in [-0.2, -0.15) is 0 Å². The van der Waals surface area contributed by atoms with Crippen molar-refractivity contribution in [1.29, 1.82) is 0 Å². The van der Waals surface area contributed by atoms with Crippen molar-refractivity contribution in [2.75, 3.05) is 6.61 Å². The van der Waals surface area contributed by atoms with Crippen molar-refractivity contribution in [3.05, 3.63) is 101 Å². The number of allylic oxidation sites excluding steroid dienone is 1. The third kappa shape index (κ3) is 5.75. The van der Waals surface area contributed by atoms with Crippen molar-refractivity contribution in [3.63, 3.8) is 0 Å². The number of nitrogens with zero attached hydrogens (tertiary/aromatic N) is 2. The molecule has 0 bridgehead atoms. The van der Waals surface area contributed by atoms with Gasteiger partial charge in [-0.3, -0.25) is 0 Å². The maximum absolute atomic E-state index is 12.2. The number of benzene rings is 2. The summed E-state index contributed by atoms with van der Waals surface area (Å²) in [4.78, 5) is 20.8. The lowest BCUT2D eigenvalue weighted by Crippen LogP contribution is -2.12. The predicted octanol–water partition coefficient (Wildman–Crippen LogP) is 4.34. The lowest BCUT2D eigenvalue weighted by molar-refractivity contribution is -0.141. The van der Waals surface area contributed by atoms with Crippen LogP contribution in [0, 0.1) is 0 Å². The topological polar surface area (TPSA) is 72.3 Å². The first-order chi connectivity index (χ1) is 14.2. The summed E-state index contributed by atoms with van der Waals surface area (Å²) < 4.78 is 4.99. The van der Waals surface area contributed by atoms with E-state index in [9.17, 15) is 9.90 Å². The SMILES string of the molecule is CCOC(=O)/C(O)=C(\Cc1ccccc1)c1cc(CCc2ccccc2)ncn1. The van der Waals surface area contributed by atoms with Crippen LogP contribution >= 0.6 is 0 Å². The third-order valence-corrected chi connectivity index (χ3v) is 4.52. The number of carbonyl (C=O) groups is 1. The van der Waals surface area contributed by atoms with Crippen molar-refractivity contribution in [2.45, 2.75) is 26.2 Å². The van der Waals surface area contributed by atoms with Crippen molar-refractivity contribution >= 4 is 11.5 Å². The van der Waals surface area contributed by atoms with Crippen LogP contribution in [0.1, 0.15) is 29.4 Å². The summed E-state index contributed by atoms with van der Waals surface area (Å²) in [6, 6.07) is 21.6. The van der Waals surface area contributed by atoms with Gasteiger partial charge in [0.1, 0.15) is 6.33 Å². The van der Waals surface area contributed by atoms with Crippen LogP contribution in [0.25, 0.3) is 5.57 Å². The van der Waals surface area contributed by atoms with Gasteiger partial charge >= 0.3 is 5.97 Å². The van der Waals surface area contributed by atoms with Gasteiger partial charge in [0.25, 0.3) is 0 Å². The fraction of sp³-hybridized carbons (Fsp3) is 0.208. The quantitative estimate of drug-likeness (QED) is 0.353. The summed E-state index contributed by atoms with van der Waals surface area (Å²) in [5.74, 6) is -1.16. The monoisotopic (exact) mass is 388 g/mol. The number of aliphatic hydroxyl groups excluding tert-OH is 1. The average molecular weight is 388 g/mol. The van der Waals surface area contributed by atoms with Gasteiger partial charge in [0, 0.05) is 17.7 Å². The summed E-state index contributed by atoms with van der Waals surface area (Å²) in [6.07, 6.45) is 3.41. The van der Waals surface area contributed by atoms with Gasteiger partial charge in [0.15, 0.2) is 0 Å². The molecule has 0 atom stereocenters. The first kappa shape index (κ1) is 20.3. The molecule has 0 aliphatic carbocycles. The largest absolute Gasteiger partial charge is 0.502 e. The average Bonchev–Trinajstić information content (AvgIpc) is 2.77. The van der Waals surface area contributed by atoms with Crippen LogP contribution in [-0.4, -0.2) is 27.7 Å². The molecule has 0 saturated carbocycles. The van der Waals surface area contributed by atoms with Crippen LogP contribution in [0.15, 0.2) is 78.8 Å². The predicted molar refractivity (Wildman–Crippen MR) is 112 cm³/mol. The molecule has 2 aromatic carbocycles. The van der Waals surface area contributed by atoms with E-state index in [1.165, 1.54) is 11.9 Å². The highest BCUT2D eigenvalue weighted by atomic mass is 16.5. The normalized spacial score (nSPS) is 11.6. The molecule has 0 spiro atoms. The van der Waals surface area contributed by atoms with E-state index in [-0.39, 0.29) is 6.61 Å². The van der Waals surface area contributed by atoms with Gasteiger partial charge in [-0.15, -0.1) is 0 Å². The first-order valence-electron chi connectivity index (χ1n) is 9.65. The van der Waals surface area contributed by atoms with Crippen LogP contribution in [0.5, 0.6) is 0 Å². The van der Waals surface area contributed by atoms with Crippen LogP contribution in [0.4, 0.5) is 0 Å². The zero-order valence-corrected chi connectivity index (χ0v) is 16.4. The lowest BCUT2D eigenvalue weighted by atomic mass is 9.99. The molecule has 0 unspecified atom stereocenters. The Morgan fingerprint density at radius 2 is 1.59 bits per heavy atom. The van der Waals surface area contributed by atoms with Gasteiger partial charge in [-0.1, -0.05) is 60.7 Å². The molecule has 148 valence electrons. The van der Waals surface area contributed by atoms with E-state index in [2.05, 4.69) is 22.1 Å². The molecule has 0 radical (unpaired) electrons. The molecule has 0 aliphatic rings. The molecular formula is C24H24N2O3. The van der Waals surface area contributed by atoms with E-state index in [0.717, 1.165) is 24.1 Å². The molecular weight excluding hydrogens is 364 g/mol. The Labute approximate surface area is 170 Å². The molecule has 0 fully saturated rings. The number of aromatic nitrogens is 2. The number of carbonyl (C=O) groups excluding carboxylic acids is 1. The van der Waals surface area contributed by atoms with Gasteiger partial charge in [0.05, 0.1) is 12.3 Å². The van der Waals surface area contributed by atoms with Crippen LogP contribution in [0.3, 0.4) is 0 Å². The lowest BCUT2D eigenvalue weighted by Gasteiger charge is -2.11. The maximum Gasteiger partial charge on any atom is 0.373 e. The second-order valence-corrected chi connectivity index (χ2v) is 6.59. The van der Waals surface area contributed by atoms with Crippen LogP contribution in [-0.2, 0) is 28.8 Å². The Balaban J connectivity index is 1.88. The summed E-state index contributed by atoms with van der Waals surface area (Å²) >= 11 is 0. The van der Waals surface area contributed by atoms with Crippen LogP contribution in [0.2, 0.25) is 0 Å². The first-order valence-corrected chi connectivity index (χ1v) is 9.65. The molecule has 5 heteroatoms. The van der Waals surface area contributed by atoms with Crippen molar-refractivity contribution < 1.29 is 14.6 Å². The minimum absolute atomic E-state index is 0.188. The minimum Gasteiger partial charge on any atom is -0.502 e. The number of rotatable bonds is 8. The molecule has 1 aromatic heterocycles. The zero-order chi connectivity index (χ0) is 20.5. The van der Waals surface area contributed by atoms with Crippen molar-refractivity contribution in [1.82, 2.24) is 9.97 Å². The summed E-state index contributed by atoms with van der Waals surface area (Å²) in [7, 11) is 0. The molecule has 0 amide bonds. The fourth-order valence-corrected chi connectivity index (χ4v) is 3.03. The highest BCUT2D eigenvalue weighted by Gasteiger charge is 2.19. The van der Waals surface area contributed by atoms with Gasteiger partial charge in [-0.25, -0.2) is 14.8 Å². The highest BCUT2D eigenvalue weighted by Crippen LogP contribution is 2.22. The minimum atomic E-state index is -0.747. The molecule has 0 aliphatic heterocycles. The van der Waals surface area contributed by atoms with Gasteiger partial charge in [-0.05, 0) is 37.0 Å². The molecule has 0 saturated heterocycles. The van der Waals surface area contributed by atoms with Crippen molar-refractivity contribution in [2.24, 2.45) is 0 Å². The Kier molecular flexibility index (Phi) is 7.11. The number of esters is 1. The fourth-order valence-electron chi connectivity index (χ4n) is 3.03.